The summed E-state index contributed by atoms with van der Waals surface area (Å²) in [6, 6.07) is 5.22. The van der Waals surface area contributed by atoms with Gasteiger partial charge in [-0.15, -0.1) is 0 Å². The standard InChI is InChI=1S/C21H28N2O3/c1-13-3-2-4-17(19(13)22)20(25)26-11-18(24)23-12-21-8-14-5-15(9-21)7-16(6-14)10-21/h2-4,14-16H,5-12,22H2,1H3,(H,23,24). The van der Waals surface area contributed by atoms with Crippen molar-refractivity contribution in [3.63, 3.8) is 0 Å². The molecule has 4 saturated carbocycles. The number of hydrogen-bond acceptors (Lipinski definition) is 4. The number of para-hydroxylation sites is 1. The summed E-state index contributed by atoms with van der Waals surface area (Å²) in [5, 5.41) is 3.03. The summed E-state index contributed by atoms with van der Waals surface area (Å²) >= 11 is 0. The summed E-state index contributed by atoms with van der Waals surface area (Å²) in [7, 11) is 0. The van der Waals surface area contributed by atoms with Crippen LogP contribution < -0.4 is 11.1 Å². The highest BCUT2D eigenvalue weighted by Crippen LogP contribution is 2.59. The van der Waals surface area contributed by atoms with Gasteiger partial charge in [0.05, 0.1) is 5.56 Å². The zero-order valence-electron chi connectivity index (χ0n) is 15.4. The molecule has 0 aromatic heterocycles. The van der Waals surface area contributed by atoms with E-state index < -0.39 is 5.97 Å². The van der Waals surface area contributed by atoms with E-state index in [-0.39, 0.29) is 17.9 Å². The molecule has 1 aromatic rings. The van der Waals surface area contributed by atoms with Gasteiger partial charge in [0.1, 0.15) is 0 Å². The Kier molecular flexibility index (Phi) is 4.41. The van der Waals surface area contributed by atoms with E-state index in [4.69, 9.17) is 10.5 Å². The van der Waals surface area contributed by atoms with Crippen LogP contribution in [0.15, 0.2) is 18.2 Å². The first-order valence-electron chi connectivity index (χ1n) is 9.73. The highest BCUT2D eigenvalue weighted by Gasteiger charge is 2.50. The fourth-order valence-corrected chi connectivity index (χ4v) is 5.91. The Morgan fingerprint density at radius 3 is 2.38 bits per heavy atom. The van der Waals surface area contributed by atoms with Crippen molar-refractivity contribution in [3.8, 4) is 0 Å². The summed E-state index contributed by atoms with van der Waals surface area (Å²) in [6.45, 7) is 2.31. The van der Waals surface area contributed by atoms with Gasteiger partial charge in [0.15, 0.2) is 6.61 Å². The van der Waals surface area contributed by atoms with Crippen molar-refractivity contribution < 1.29 is 14.3 Å². The molecule has 5 rings (SSSR count). The SMILES string of the molecule is Cc1cccc(C(=O)OCC(=O)NCC23CC4CC(CC(C4)C2)C3)c1N. The highest BCUT2D eigenvalue weighted by molar-refractivity contribution is 5.96. The zero-order chi connectivity index (χ0) is 18.3. The van der Waals surface area contributed by atoms with Crippen molar-refractivity contribution in [2.24, 2.45) is 23.2 Å². The van der Waals surface area contributed by atoms with Gasteiger partial charge in [-0.1, -0.05) is 12.1 Å². The van der Waals surface area contributed by atoms with Crippen molar-refractivity contribution in [1.82, 2.24) is 5.32 Å². The maximum atomic E-state index is 12.2. The number of amides is 1. The predicted molar refractivity (Wildman–Crippen MR) is 99.5 cm³/mol. The maximum Gasteiger partial charge on any atom is 0.340 e. The Balaban J connectivity index is 1.28. The summed E-state index contributed by atoms with van der Waals surface area (Å²) < 4.78 is 5.17. The number of nitrogens with two attached hydrogens (primary N) is 1. The molecule has 0 aliphatic heterocycles. The normalized spacial score (nSPS) is 31.7. The molecular formula is C21H28N2O3. The van der Waals surface area contributed by atoms with E-state index in [2.05, 4.69) is 5.32 Å². The van der Waals surface area contributed by atoms with Crippen LogP contribution in [0, 0.1) is 30.1 Å². The van der Waals surface area contributed by atoms with Gasteiger partial charge in [-0.25, -0.2) is 4.79 Å². The van der Waals surface area contributed by atoms with Crippen molar-refractivity contribution >= 4 is 17.6 Å². The number of benzene rings is 1. The topological polar surface area (TPSA) is 81.4 Å². The van der Waals surface area contributed by atoms with E-state index in [0.29, 0.717) is 11.3 Å². The number of esters is 1. The number of rotatable bonds is 5. The Morgan fingerprint density at radius 1 is 1.15 bits per heavy atom. The molecular weight excluding hydrogens is 328 g/mol. The highest BCUT2D eigenvalue weighted by atomic mass is 16.5. The second kappa shape index (κ2) is 6.60. The van der Waals surface area contributed by atoms with Gasteiger partial charge in [0.25, 0.3) is 5.91 Å². The van der Waals surface area contributed by atoms with Gasteiger partial charge < -0.3 is 15.8 Å². The lowest BCUT2D eigenvalue weighted by atomic mass is 9.49. The fourth-order valence-electron chi connectivity index (χ4n) is 5.91. The molecule has 5 nitrogen and oxygen atoms in total. The first kappa shape index (κ1) is 17.4. The average molecular weight is 356 g/mol. The molecule has 4 aliphatic carbocycles. The molecule has 0 radical (unpaired) electrons. The Labute approximate surface area is 154 Å². The van der Waals surface area contributed by atoms with Gasteiger partial charge in [0.2, 0.25) is 0 Å². The number of nitrogens with one attached hydrogen (secondary N) is 1. The lowest BCUT2D eigenvalue weighted by Crippen LogP contribution is -2.51. The van der Waals surface area contributed by atoms with Crippen molar-refractivity contribution in [2.45, 2.75) is 45.4 Å². The molecule has 26 heavy (non-hydrogen) atoms. The van der Waals surface area contributed by atoms with Gasteiger partial charge in [-0.3, -0.25) is 4.79 Å². The van der Waals surface area contributed by atoms with Crippen LogP contribution in [0.1, 0.15) is 54.4 Å². The van der Waals surface area contributed by atoms with E-state index >= 15 is 0 Å². The van der Waals surface area contributed by atoms with Crippen LogP contribution in [0.5, 0.6) is 0 Å². The molecule has 1 amide bonds. The van der Waals surface area contributed by atoms with Crippen LogP contribution in [-0.2, 0) is 9.53 Å². The molecule has 0 unspecified atom stereocenters. The largest absolute Gasteiger partial charge is 0.452 e. The first-order chi connectivity index (χ1) is 12.4. The number of carbonyl (C=O) groups is 2. The fraction of sp³-hybridized carbons (Fsp3) is 0.619. The molecule has 4 bridgehead atoms. The van der Waals surface area contributed by atoms with Crippen molar-refractivity contribution in [1.29, 1.82) is 0 Å². The van der Waals surface area contributed by atoms with Gasteiger partial charge in [-0.05, 0) is 80.2 Å². The Bertz CT molecular complexity index is 693. The Morgan fingerprint density at radius 2 is 1.77 bits per heavy atom. The molecule has 3 N–H and O–H groups in total. The summed E-state index contributed by atoms with van der Waals surface area (Å²) in [6.07, 6.45) is 7.92. The zero-order valence-corrected chi connectivity index (χ0v) is 15.4. The average Bonchev–Trinajstić information content (AvgIpc) is 2.59. The van der Waals surface area contributed by atoms with E-state index in [1.54, 1.807) is 12.1 Å². The van der Waals surface area contributed by atoms with Gasteiger partial charge >= 0.3 is 5.97 Å². The smallest absolute Gasteiger partial charge is 0.340 e. The molecule has 4 fully saturated rings. The third kappa shape index (κ3) is 3.31. The second-order valence-corrected chi connectivity index (χ2v) is 8.81. The number of aryl methyl sites for hydroxylation is 1. The first-order valence-corrected chi connectivity index (χ1v) is 9.73. The maximum absolute atomic E-state index is 12.2. The summed E-state index contributed by atoms with van der Waals surface area (Å²) in [5.74, 6) is 1.82. The lowest BCUT2D eigenvalue weighted by Gasteiger charge is -2.56. The third-order valence-corrected chi connectivity index (χ3v) is 6.70. The molecule has 4 aliphatic rings. The van der Waals surface area contributed by atoms with E-state index in [1.165, 1.54) is 38.5 Å². The summed E-state index contributed by atoms with van der Waals surface area (Å²) in [4.78, 5) is 24.4. The van der Waals surface area contributed by atoms with E-state index in [1.807, 2.05) is 13.0 Å². The van der Waals surface area contributed by atoms with Crippen molar-refractivity contribution in [3.05, 3.63) is 29.3 Å². The number of ether oxygens (including phenoxy) is 1. The Hall–Kier alpha value is -2.04. The monoisotopic (exact) mass is 356 g/mol. The third-order valence-electron chi connectivity index (χ3n) is 6.70. The molecule has 5 heteroatoms. The molecule has 0 heterocycles. The molecule has 0 saturated heterocycles. The minimum Gasteiger partial charge on any atom is -0.452 e. The minimum atomic E-state index is -0.545. The lowest BCUT2D eigenvalue weighted by molar-refractivity contribution is -0.126. The van der Waals surface area contributed by atoms with E-state index in [9.17, 15) is 9.59 Å². The van der Waals surface area contributed by atoms with Crippen LogP contribution in [0.4, 0.5) is 5.69 Å². The van der Waals surface area contributed by atoms with Crippen molar-refractivity contribution in [2.75, 3.05) is 18.9 Å². The van der Waals surface area contributed by atoms with Gasteiger partial charge in [-0.2, -0.15) is 0 Å². The molecule has 0 atom stereocenters. The number of nitrogen functional groups attached to an aromatic ring is 1. The quantitative estimate of drug-likeness (QED) is 0.627. The molecule has 1 aromatic carbocycles. The van der Waals surface area contributed by atoms with Crippen LogP contribution >= 0.6 is 0 Å². The molecule has 140 valence electrons. The predicted octanol–water partition coefficient (Wildman–Crippen LogP) is 3.07. The van der Waals surface area contributed by atoms with Gasteiger partial charge in [0, 0.05) is 12.2 Å². The minimum absolute atomic E-state index is 0.222. The molecule has 0 spiro atoms. The number of hydrogen-bond donors (Lipinski definition) is 2. The van der Waals surface area contributed by atoms with Crippen LogP contribution in [0.2, 0.25) is 0 Å². The van der Waals surface area contributed by atoms with Crippen LogP contribution in [-0.4, -0.2) is 25.0 Å². The number of anilines is 1. The van der Waals surface area contributed by atoms with Crippen LogP contribution in [0.25, 0.3) is 0 Å². The number of carbonyl (C=O) groups excluding carboxylic acids is 2. The summed E-state index contributed by atoms with van der Waals surface area (Å²) in [5.41, 5.74) is 7.76. The van der Waals surface area contributed by atoms with E-state index in [0.717, 1.165) is 29.9 Å². The van der Waals surface area contributed by atoms with Crippen LogP contribution in [0.3, 0.4) is 0 Å². The second-order valence-electron chi connectivity index (χ2n) is 8.81.